The summed E-state index contributed by atoms with van der Waals surface area (Å²) in [4.78, 5) is 15.5. The second-order valence-electron chi connectivity index (χ2n) is 2.99. The minimum Gasteiger partial charge on any atom is -0.268 e. The first-order chi connectivity index (χ1) is 7.25. The second-order valence-corrected chi connectivity index (χ2v) is 3.90. The summed E-state index contributed by atoms with van der Waals surface area (Å²) in [6.45, 7) is 0.396. The van der Waals surface area contributed by atoms with E-state index in [-0.39, 0.29) is 5.56 Å². The van der Waals surface area contributed by atoms with E-state index in [4.69, 9.17) is 0 Å². The van der Waals surface area contributed by atoms with Crippen LogP contribution in [0.3, 0.4) is 0 Å². The predicted molar refractivity (Wildman–Crippen MR) is 59.5 cm³/mol. The number of pyridine rings is 1. The summed E-state index contributed by atoms with van der Waals surface area (Å²) in [6.07, 6.45) is 3.28. The van der Waals surface area contributed by atoms with Crippen molar-refractivity contribution in [3.63, 3.8) is 0 Å². The van der Waals surface area contributed by atoms with Gasteiger partial charge in [0, 0.05) is 22.9 Å². The van der Waals surface area contributed by atoms with Crippen LogP contribution < -0.4 is 5.56 Å². The number of halogens is 1. The van der Waals surface area contributed by atoms with Gasteiger partial charge in [0.15, 0.2) is 0 Å². The lowest BCUT2D eigenvalue weighted by Gasteiger charge is -2.02. The Morgan fingerprint density at radius 1 is 1.33 bits per heavy atom. The standard InChI is InChI=1S/C10H8BrN3O/c11-8-3-4-9(12-6-8)7-14-10(15)2-1-5-13-14/h1-6H,7H2. The monoisotopic (exact) mass is 265 g/mol. The molecule has 0 bridgehead atoms. The van der Waals surface area contributed by atoms with Gasteiger partial charge in [-0.2, -0.15) is 5.10 Å². The number of hydrogen-bond donors (Lipinski definition) is 0. The van der Waals surface area contributed by atoms with Gasteiger partial charge in [-0.15, -0.1) is 0 Å². The van der Waals surface area contributed by atoms with Crippen LogP contribution in [0.2, 0.25) is 0 Å². The van der Waals surface area contributed by atoms with Gasteiger partial charge in [0.25, 0.3) is 5.56 Å². The Morgan fingerprint density at radius 3 is 2.87 bits per heavy atom. The largest absolute Gasteiger partial charge is 0.268 e. The Hall–Kier alpha value is -1.49. The van der Waals surface area contributed by atoms with Crippen LogP contribution in [0.4, 0.5) is 0 Å². The van der Waals surface area contributed by atoms with Gasteiger partial charge in [0.2, 0.25) is 0 Å². The third-order valence-electron chi connectivity index (χ3n) is 1.89. The number of rotatable bonds is 2. The topological polar surface area (TPSA) is 47.8 Å². The van der Waals surface area contributed by atoms with Gasteiger partial charge in [-0.25, -0.2) is 4.68 Å². The molecule has 15 heavy (non-hydrogen) atoms. The second kappa shape index (κ2) is 4.35. The Bertz CT molecular complexity index is 507. The molecule has 0 radical (unpaired) electrons. The van der Waals surface area contributed by atoms with Crippen LogP contribution in [0.25, 0.3) is 0 Å². The fourth-order valence-electron chi connectivity index (χ4n) is 1.16. The van der Waals surface area contributed by atoms with E-state index in [0.29, 0.717) is 6.54 Å². The maximum Gasteiger partial charge on any atom is 0.267 e. The summed E-state index contributed by atoms with van der Waals surface area (Å²) in [5, 5.41) is 3.95. The third-order valence-corrected chi connectivity index (χ3v) is 2.35. The van der Waals surface area contributed by atoms with Gasteiger partial charge >= 0.3 is 0 Å². The van der Waals surface area contributed by atoms with Gasteiger partial charge in [0.05, 0.1) is 12.2 Å². The molecular weight excluding hydrogens is 258 g/mol. The molecule has 2 heterocycles. The van der Waals surface area contributed by atoms with Crippen molar-refractivity contribution in [1.82, 2.24) is 14.8 Å². The first-order valence-electron chi connectivity index (χ1n) is 4.38. The van der Waals surface area contributed by atoms with E-state index in [2.05, 4.69) is 26.0 Å². The molecule has 2 rings (SSSR count). The molecule has 76 valence electrons. The Morgan fingerprint density at radius 2 is 2.20 bits per heavy atom. The summed E-state index contributed by atoms with van der Waals surface area (Å²) >= 11 is 3.30. The molecule has 0 aliphatic rings. The highest BCUT2D eigenvalue weighted by Crippen LogP contribution is 2.07. The molecule has 5 heteroatoms. The van der Waals surface area contributed by atoms with Crippen molar-refractivity contribution in [2.24, 2.45) is 0 Å². The van der Waals surface area contributed by atoms with Crippen molar-refractivity contribution in [1.29, 1.82) is 0 Å². The van der Waals surface area contributed by atoms with E-state index in [1.54, 1.807) is 18.5 Å². The average Bonchev–Trinajstić information content (AvgIpc) is 2.25. The molecule has 2 aromatic heterocycles. The van der Waals surface area contributed by atoms with E-state index >= 15 is 0 Å². The molecule has 0 aliphatic carbocycles. The van der Waals surface area contributed by atoms with E-state index in [1.165, 1.54) is 10.7 Å². The lowest BCUT2D eigenvalue weighted by molar-refractivity contribution is 0.627. The molecule has 0 unspecified atom stereocenters. The average molecular weight is 266 g/mol. The lowest BCUT2D eigenvalue weighted by atomic mass is 10.3. The van der Waals surface area contributed by atoms with Crippen molar-refractivity contribution < 1.29 is 0 Å². The lowest BCUT2D eigenvalue weighted by Crippen LogP contribution is -2.22. The minimum atomic E-state index is -0.123. The minimum absolute atomic E-state index is 0.123. The van der Waals surface area contributed by atoms with Crippen LogP contribution in [-0.2, 0) is 6.54 Å². The molecule has 0 aliphatic heterocycles. The van der Waals surface area contributed by atoms with Gasteiger partial charge in [-0.3, -0.25) is 9.78 Å². The van der Waals surface area contributed by atoms with Gasteiger partial charge in [0.1, 0.15) is 0 Å². The maximum absolute atomic E-state index is 11.4. The smallest absolute Gasteiger partial charge is 0.267 e. The van der Waals surface area contributed by atoms with E-state index < -0.39 is 0 Å². The summed E-state index contributed by atoms with van der Waals surface area (Å²) < 4.78 is 2.29. The zero-order chi connectivity index (χ0) is 10.7. The molecule has 0 spiro atoms. The number of nitrogens with zero attached hydrogens (tertiary/aromatic N) is 3. The fraction of sp³-hybridized carbons (Fsp3) is 0.100. The van der Waals surface area contributed by atoms with Crippen LogP contribution in [0.5, 0.6) is 0 Å². The fourth-order valence-corrected chi connectivity index (χ4v) is 1.39. The van der Waals surface area contributed by atoms with Gasteiger partial charge < -0.3 is 0 Å². The quantitative estimate of drug-likeness (QED) is 0.826. The predicted octanol–water partition coefficient (Wildman–Crippen LogP) is 1.45. The molecule has 0 aromatic carbocycles. The SMILES string of the molecule is O=c1cccnn1Cc1ccc(Br)cn1. The summed E-state index contributed by atoms with van der Waals surface area (Å²) in [5.41, 5.74) is 0.682. The molecule has 0 fully saturated rings. The van der Waals surface area contributed by atoms with E-state index in [1.807, 2.05) is 12.1 Å². The highest BCUT2D eigenvalue weighted by atomic mass is 79.9. The number of hydrogen-bond acceptors (Lipinski definition) is 3. The zero-order valence-electron chi connectivity index (χ0n) is 7.80. The number of aromatic nitrogens is 3. The summed E-state index contributed by atoms with van der Waals surface area (Å²) in [5.74, 6) is 0. The highest BCUT2D eigenvalue weighted by Gasteiger charge is 1.98. The molecule has 0 amide bonds. The van der Waals surface area contributed by atoms with Crippen molar-refractivity contribution >= 4 is 15.9 Å². The molecule has 4 nitrogen and oxygen atoms in total. The van der Waals surface area contributed by atoms with Crippen molar-refractivity contribution in [3.05, 3.63) is 57.2 Å². The molecule has 0 N–H and O–H groups in total. The van der Waals surface area contributed by atoms with Crippen molar-refractivity contribution in [2.75, 3.05) is 0 Å². The summed E-state index contributed by atoms with van der Waals surface area (Å²) in [6, 6.07) is 6.83. The van der Waals surface area contributed by atoms with Crippen LogP contribution in [0.15, 0.2) is 45.9 Å². The van der Waals surface area contributed by atoms with E-state index in [0.717, 1.165) is 10.2 Å². The molecular formula is C10H8BrN3O. The van der Waals surface area contributed by atoms with Crippen LogP contribution >= 0.6 is 15.9 Å². The van der Waals surface area contributed by atoms with Crippen LogP contribution in [-0.4, -0.2) is 14.8 Å². The van der Waals surface area contributed by atoms with Crippen LogP contribution in [0.1, 0.15) is 5.69 Å². The third kappa shape index (κ3) is 2.50. The molecule has 2 aromatic rings. The van der Waals surface area contributed by atoms with E-state index in [9.17, 15) is 4.79 Å². The first kappa shape index (κ1) is 10.0. The molecule has 0 saturated carbocycles. The first-order valence-corrected chi connectivity index (χ1v) is 5.17. The molecule has 0 atom stereocenters. The van der Waals surface area contributed by atoms with Crippen molar-refractivity contribution in [3.8, 4) is 0 Å². The summed E-state index contributed by atoms with van der Waals surface area (Å²) in [7, 11) is 0. The highest BCUT2D eigenvalue weighted by molar-refractivity contribution is 9.10. The Kier molecular flexibility index (Phi) is 2.91. The Labute approximate surface area is 94.7 Å². The molecule has 0 saturated heterocycles. The zero-order valence-corrected chi connectivity index (χ0v) is 9.39. The van der Waals surface area contributed by atoms with Gasteiger partial charge in [-0.1, -0.05) is 0 Å². The maximum atomic E-state index is 11.4. The normalized spacial score (nSPS) is 10.2. The van der Waals surface area contributed by atoms with Gasteiger partial charge in [-0.05, 0) is 34.1 Å². The Balaban J connectivity index is 2.26. The van der Waals surface area contributed by atoms with Crippen LogP contribution in [0, 0.1) is 0 Å². The van der Waals surface area contributed by atoms with Crippen molar-refractivity contribution in [2.45, 2.75) is 6.54 Å².